The van der Waals surface area contributed by atoms with Gasteiger partial charge in [0.05, 0.1) is 0 Å². The molecule has 0 amide bonds. The highest BCUT2D eigenvalue weighted by Gasteiger charge is 2.07. The molecule has 2 rings (SSSR count). The van der Waals surface area contributed by atoms with Crippen LogP contribution in [0.5, 0.6) is 5.75 Å². The minimum absolute atomic E-state index is 0.616. The number of para-hydroxylation sites is 1. The SMILES string of the molecule is Cc1cccc(O[Si](C)C)c1N=CCc1ncccn1. The highest BCUT2D eigenvalue weighted by molar-refractivity contribution is 6.49. The molecule has 0 aliphatic rings. The Morgan fingerprint density at radius 2 is 1.95 bits per heavy atom. The zero-order valence-electron chi connectivity index (χ0n) is 12.0. The number of benzene rings is 1. The molecular formula is C15H18N3OSi. The first-order valence-corrected chi connectivity index (χ1v) is 8.93. The van der Waals surface area contributed by atoms with Crippen molar-refractivity contribution < 1.29 is 4.43 Å². The van der Waals surface area contributed by atoms with Gasteiger partial charge in [0.1, 0.15) is 17.3 Å². The molecule has 4 nitrogen and oxygen atoms in total. The van der Waals surface area contributed by atoms with Gasteiger partial charge in [0, 0.05) is 25.0 Å². The lowest BCUT2D eigenvalue weighted by Gasteiger charge is -2.12. The number of aryl methyl sites for hydroxylation is 1. The van der Waals surface area contributed by atoms with Crippen LogP contribution in [-0.2, 0) is 6.42 Å². The van der Waals surface area contributed by atoms with Crippen molar-refractivity contribution in [1.82, 2.24) is 9.97 Å². The summed E-state index contributed by atoms with van der Waals surface area (Å²) in [6.45, 7) is 6.26. The minimum atomic E-state index is -0.800. The van der Waals surface area contributed by atoms with Gasteiger partial charge < -0.3 is 4.43 Å². The third-order valence-electron chi connectivity index (χ3n) is 2.63. The Morgan fingerprint density at radius 1 is 1.20 bits per heavy atom. The van der Waals surface area contributed by atoms with E-state index >= 15 is 0 Å². The van der Waals surface area contributed by atoms with Gasteiger partial charge in [-0.25, -0.2) is 9.97 Å². The Balaban J connectivity index is 2.15. The van der Waals surface area contributed by atoms with Crippen molar-refractivity contribution in [3.05, 3.63) is 48.0 Å². The van der Waals surface area contributed by atoms with Crippen molar-refractivity contribution >= 4 is 20.9 Å². The first-order valence-electron chi connectivity index (χ1n) is 6.53. The number of rotatable bonds is 5. The van der Waals surface area contributed by atoms with Crippen LogP contribution < -0.4 is 4.43 Å². The molecule has 1 aromatic heterocycles. The van der Waals surface area contributed by atoms with Crippen molar-refractivity contribution in [3.8, 4) is 5.75 Å². The standard InChI is InChI=1S/C15H18N3OSi/c1-12-6-4-7-13(19-20(2)3)15(12)18-11-8-14-16-9-5-10-17-14/h4-7,9-11H,8H2,1-3H3. The maximum Gasteiger partial charge on any atom is 0.274 e. The molecule has 0 fully saturated rings. The summed E-state index contributed by atoms with van der Waals surface area (Å²) in [6, 6.07) is 7.81. The van der Waals surface area contributed by atoms with Gasteiger partial charge in [-0.1, -0.05) is 12.1 Å². The van der Waals surface area contributed by atoms with Crippen molar-refractivity contribution in [2.75, 3.05) is 0 Å². The molecule has 0 bridgehead atoms. The smallest absolute Gasteiger partial charge is 0.274 e. The zero-order chi connectivity index (χ0) is 14.4. The van der Waals surface area contributed by atoms with Crippen LogP contribution in [0.2, 0.25) is 13.1 Å². The zero-order valence-corrected chi connectivity index (χ0v) is 13.0. The molecule has 20 heavy (non-hydrogen) atoms. The fourth-order valence-electron chi connectivity index (χ4n) is 1.75. The molecule has 0 aliphatic heterocycles. The second-order valence-corrected chi connectivity index (χ2v) is 6.63. The molecule has 0 atom stereocenters. The molecular weight excluding hydrogens is 266 g/mol. The van der Waals surface area contributed by atoms with E-state index in [-0.39, 0.29) is 0 Å². The van der Waals surface area contributed by atoms with Crippen LogP contribution >= 0.6 is 0 Å². The van der Waals surface area contributed by atoms with Crippen LogP contribution in [0.1, 0.15) is 11.4 Å². The summed E-state index contributed by atoms with van der Waals surface area (Å²) in [7, 11) is -0.800. The quantitative estimate of drug-likeness (QED) is 0.625. The van der Waals surface area contributed by atoms with E-state index in [2.05, 4.69) is 28.1 Å². The average molecular weight is 284 g/mol. The fourth-order valence-corrected chi connectivity index (χ4v) is 2.36. The molecule has 0 saturated heterocycles. The first kappa shape index (κ1) is 14.4. The highest BCUT2D eigenvalue weighted by Crippen LogP contribution is 2.31. The lowest BCUT2D eigenvalue weighted by atomic mass is 10.2. The monoisotopic (exact) mass is 284 g/mol. The number of aromatic nitrogens is 2. The van der Waals surface area contributed by atoms with Crippen molar-refractivity contribution in [1.29, 1.82) is 0 Å². The minimum Gasteiger partial charge on any atom is -0.541 e. The lowest BCUT2D eigenvalue weighted by molar-refractivity contribution is 0.581. The van der Waals surface area contributed by atoms with Gasteiger partial charge in [-0.15, -0.1) is 0 Å². The number of aliphatic imine (C=N–C) groups is 1. The van der Waals surface area contributed by atoms with E-state index in [4.69, 9.17) is 4.43 Å². The van der Waals surface area contributed by atoms with Gasteiger partial charge in [-0.3, -0.25) is 4.99 Å². The van der Waals surface area contributed by atoms with E-state index in [0.717, 1.165) is 22.8 Å². The molecule has 2 aromatic rings. The Hall–Kier alpha value is -2.01. The van der Waals surface area contributed by atoms with Gasteiger partial charge >= 0.3 is 0 Å². The van der Waals surface area contributed by atoms with Crippen LogP contribution in [-0.4, -0.2) is 25.2 Å². The van der Waals surface area contributed by atoms with E-state index in [1.54, 1.807) is 18.5 Å². The third-order valence-corrected chi connectivity index (χ3v) is 3.26. The maximum absolute atomic E-state index is 5.89. The molecule has 1 radical (unpaired) electrons. The van der Waals surface area contributed by atoms with Crippen molar-refractivity contribution in [2.45, 2.75) is 26.4 Å². The molecule has 1 heterocycles. The van der Waals surface area contributed by atoms with Gasteiger partial charge in [0.15, 0.2) is 0 Å². The Labute approximate surface area is 121 Å². The third kappa shape index (κ3) is 3.99. The van der Waals surface area contributed by atoms with Crippen LogP contribution in [0.25, 0.3) is 0 Å². The number of nitrogens with zero attached hydrogens (tertiary/aromatic N) is 3. The Morgan fingerprint density at radius 3 is 2.65 bits per heavy atom. The van der Waals surface area contributed by atoms with Crippen molar-refractivity contribution in [3.63, 3.8) is 0 Å². The summed E-state index contributed by atoms with van der Waals surface area (Å²) in [6.07, 6.45) is 5.93. The number of hydrogen-bond acceptors (Lipinski definition) is 4. The normalized spacial score (nSPS) is 11.2. The summed E-state index contributed by atoms with van der Waals surface area (Å²) >= 11 is 0. The van der Waals surface area contributed by atoms with Crippen LogP contribution in [0, 0.1) is 6.92 Å². The van der Waals surface area contributed by atoms with Crippen LogP contribution in [0.15, 0.2) is 41.7 Å². The van der Waals surface area contributed by atoms with Gasteiger partial charge in [0.25, 0.3) is 9.04 Å². The van der Waals surface area contributed by atoms with Crippen molar-refractivity contribution in [2.24, 2.45) is 4.99 Å². The molecule has 1 aromatic carbocycles. The second kappa shape index (κ2) is 6.95. The lowest BCUT2D eigenvalue weighted by Crippen LogP contribution is -2.11. The molecule has 0 saturated carbocycles. The summed E-state index contributed by atoms with van der Waals surface area (Å²) in [5.41, 5.74) is 2.01. The predicted molar refractivity (Wildman–Crippen MR) is 83.2 cm³/mol. The van der Waals surface area contributed by atoms with Crippen LogP contribution in [0.4, 0.5) is 5.69 Å². The average Bonchev–Trinajstić information content (AvgIpc) is 2.42. The van der Waals surface area contributed by atoms with E-state index < -0.39 is 9.04 Å². The fraction of sp³-hybridized carbons (Fsp3) is 0.267. The summed E-state index contributed by atoms with van der Waals surface area (Å²) < 4.78 is 5.89. The van der Waals surface area contributed by atoms with Gasteiger partial charge in [-0.05, 0) is 37.7 Å². The summed E-state index contributed by atoms with van der Waals surface area (Å²) in [5.74, 6) is 1.62. The summed E-state index contributed by atoms with van der Waals surface area (Å²) in [5, 5.41) is 0. The predicted octanol–water partition coefficient (Wildman–Crippen LogP) is 3.36. The molecule has 0 N–H and O–H groups in total. The topological polar surface area (TPSA) is 47.4 Å². The molecule has 5 heteroatoms. The molecule has 103 valence electrons. The van der Waals surface area contributed by atoms with Gasteiger partial charge in [0.2, 0.25) is 0 Å². The molecule has 0 aliphatic carbocycles. The molecule has 0 unspecified atom stereocenters. The van der Waals surface area contributed by atoms with E-state index in [1.807, 2.05) is 31.3 Å². The van der Waals surface area contributed by atoms with Crippen LogP contribution in [0.3, 0.4) is 0 Å². The Kier molecular flexibility index (Phi) is 5.01. The Bertz CT molecular complexity index is 585. The largest absolute Gasteiger partial charge is 0.541 e. The van der Waals surface area contributed by atoms with E-state index in [9.17, 15) is 0 Å². The first-order chi connectivity index (χ1) is 9.66. The molecule has 0 spiro atoms. The number of hydrogen-bond donors (Lipinski definition) is 0. The highest BCUT2D eigenvalue weighted by atomic mass is 28.3. The second-order valence-electron chi connectivity index (χ2n) is 4.61. The maximum atomic E-state index is 5.89. The van der Waals surface area contributed by atoms with E-state index in [0.29, 0.717) is 6.42 Å². The summed E-state index contributed by atoms with van der Waals surface area (Å²) in [4.78, 5) is 12.9. The van der Waals surface area contributed by atoms with E-state index in [1.165, 1.54) is 0 Å². The van der Waals surface area contributed by atoms with Gasteiger partial charge in [-0.2, -0.15) is 0 Å².